The molecule has 0 bridgehead atoms. The summed E-state index contributed by atoms with van der Waals surface area (Å²) in [6.45, 7) is 0. The van der Waals surface area contributed by atoms with E-state index in [0.29, 0.717) is 5.69 Å². The maximum absolute atomic E-state index is 12.1. The Balaban J connectivity index is 2.58. The number of benzene rings is 1. The number of hydrogen-bond acceptors (Lipinski definition) is 4. The van der Waals surface area contributed by atoms with Gasteiger partial charge in [0.25, 0.3) is 0 Å². The van der Waals surface area contributed by atoms with Crippen molar-refractivity contribution in [1.82, 2.24) is 9.31 Å². The van der Waals surface area contributed by atoms with Gasteiger partial charge in [0.1, 0.15) is 0 Å². The summed E-state index contributed by atoms with van der Waals surface area (Å²) in [4.78, 5) is 24.9. The first-order valence-corrected chi connectivity index (χ1v) is 8.52. The maximum atomic E-state index is 12.1. The van der Waals surface area contributed by atoms with Crippen molar-refractivity contribution in [3.8, 4) is 5.69 Å². The van der Waals surface area contributed by atoms with Crippen LogP contribution in [0.15, 0.2) is 43.3 Å². The molecule has 0 saturated heterocycles. The Morgan fingerprint density at radius 1 is 1.16 bits per heavy atom. The molecule has 1 heterocycles. The van der Waals surface area contributed by atoms with E-state index >= 15 is 0 Å². The van der Waals surface area contributed by atoms with Gasteiger partial charge in [0, 0.05) is 4.90 Å². The molecule has 2 rings (SSSR count). The van der Waals surface area contributed by atoms with E-state index in [1.807, 2.05) is 18.4 Å². The lowest BCUT2D eigenvalue weighted by molar-refractivity contribution is 0.312. The van der Waals surface area contributed by atoms with Gasteiger partial charge in [-0.3, -0.25) is 0 Å². The highest BCUT2D eigenvalue weighted by Gasteiger charge is 2.29. The van der Waals surface area contributed by atoms with E-state index in [-0.39, 0.29) is 0 Å². The highest BCUT2D eigenvalue weighted by Crippen LogP contribution is 2.36. The van der Waals surface area contributed by atoms with Crippen LogP contribution in [0.1, 0.15) is 0 Å². The van der Waals surface area contributed by atoms with E-state index in [1.165, 1.54) is 0 Å². The van der Waals surface area contributed by atoms with Crippen molar-refractivity contribution in [2.75, 3.05) is 6.26 Å². The second-order valence-electron chi connectivity index (χ2n) is 3.44. The summed E-state index contributed by atoms with van der Waals surface area (Å²) in [6, 6.07) is 7.10. The highest BCUT2D eigenvalue weighted by atomic mass is 80.0. The van der Waals surface area contributed by atoms with Gasteiger partial charge in [0.2, 0.25) is 2.27 Å². The fraction of sp³-hybridized carbons (Fsp3) is 0.200. The minimum Gasteiger partial charge on any atom is -0.312 e. The lowest BCUT2D eigenvalue weighted by Crippen LogP contribution is -2.34. The number of nitrogens with zero attached hydrogens (tertiary/aromatic N) is 2. The molecule has 9 heteroatoms. The fourth-order valence-corrected chi connectivity index (χ4v) is 2.72. The number of alkyl halides is 3. The molecule has 102 valence electrons. The molecule has 2 aromatic rings. The highest BCUT2D eigenvalue weighted by molar-refractivity contribution is 9.38. The van der Waals surface area contributed by atoms with Gasteiger partial charge in [0.15, 0.2) is 0 Å². The first kappa shape index (κ1) is 15.1. The second kappa shape index (κ2) is 5.63. The van der Waals surface area contributed by atoms with Crippen molar-refractivity contribution in [1.29, 1.82) is 0 Å². The summed E-state index contributed by atoms with van der Waals surface area (Å²) >= 11 is 10.9. The molecule has 0 N–H and O–H groups in total. The topological polar surface area (TPSA) is 57.1 Å². The average Bonchev–Trinajstić information content (AvgIpc) is 2.64. The molecule has 0 aliphatic heterocycles. The molecular formula is C10H7Br3N2O3S. The Morgan fingerprint density at radius 3 is 2.16 bits per heavy atom. The molecule has 0 aliphatic carbocycles. The van der Waals surface area contributed by atoms with Gasteiger partial charge in [0.05, 0.1) is 5.69 Å². The van der Waals surface area contributed by atoms with Gasteiger partial charge < -0.3 is 4.52 Å². The number of hydrogen-bond donors (Lipinski definition) is 0. The first-order valence-electron chi connectivity index (χ1n) is 4.91. The second-order valence-corrected chi connectivity index (χ2v) is 11.0. The largest absolute Gasteiger partial charge is 0.445 e. The molecule has 0 radical (unpaired) electrons. The van der Waals surface area contributed by atoms with Crippen LogP contribution in [0.5, 0.6) is 0 Å². The Hall–Kier alpha value is -0.250. The van der Waals surface area contributed by atoms with E-state index in [1.54, 1.807) is 23.9 Å². The molecule has 5 nitrogen and oxygen atoms in total. The van der Waals surface area contributed by atoms with E-state index in [2.05, 4.69) is 47.8 Å². The maximum Gasteiger partial charge on any atom is 0.445 e. The third-order valence-corrected chi connectivity index (χ3v) is 4.08. The third kappa shape index (κ3) is 3.09. The number of rotatable bonds is 2. The quantitative estimate of drug-likeness (QED) is 0.496. The summed E-state index contributed by atoms with van der Waals surface area (Å²) in [5.74, 6) is -0.787. The SMILES string of the molecule is CSc1ccc(-n2oc(=O)n(C(Br)(Br)Br)c2=O)cc1. The summed E-state index contributed by atoms with van der Waals surface area (Å²) in [6.07, 6.45) is 1.95. The smallest absolute Gasteiger partial charge is 0.312 e. The Bertz CT molecular complexity index is 697. The van der Waals surface area contributed by atoms with Crippen LogP contribution in [-0.4, -0.2) is 15.6 Å². The molecule has 0 amide bonds. The van der Waals surface area contributed by atoms with Crippen molar-refractivity contribution >= 4 is 59.6 Å². The fourth-order valence-electron chi connectivity index (χ4n) is 1.42. The molecule has 19 heavy (non-hydrogen) atoms. The number of halogens is 3. The minimum atomic E-state index is -1.17. The zero-order valence-electron chi connectivity index (χ0n) is 9.47. The number of thioether (sulfide) groups is 1. The van der Waals surface area contributed by atoms with Crippen molar-refractivity contribution in [2.24, 2.45) is 0 Å². The van der Waals surface area contributed by atoms with E-state index in [4.69, 9.17) is 4.52 Å². The van der Waals surface area contributed by atoms with Gasteiger partial charge in [-0.2, -0.15) is 4.57 Å². The Labute approximate surface area is 137 Å². The van der Waals surface area contributed by atoms with Crippen LogP contribution >= 0.6 is 59.6 Å². The molecule has 1 aromatic heterocycles. The van der Waals surface area contributed by atoms with Gasteiger partial charge >= 0.3 is 11.4 Å². The molecule has 1 aromatic carbocycles. The third-order valence-electron chi connectivity index (χ3n) is 2.28. The van der Waals surface area contributed by atoms with E-state index < -0.39 is 13.7 Å². The zero-order valence-corrected chi connectivity index (χ0v) is 15.0. The normalized spacial score (nSPS) is 11.8. The molecule has 0 unspecified atom stereocenters. The predicted octanol–water partition coefficient (Wildman–Crippen LogP) is 3.07. The van der Waals surface area contributed by atoms with Crippen LogP contribution in [0.4, 0.5) is 0 Å². The van der Waals surface area contributed by atoms with Crippen LogP contribution < -0.4 is 11.4 Å². The van der Waals surface area contributed by atoms with E-state index in [9.17, 15) is 9.59 Å². The standard InChI is InChI=1S/C10H7Br3N2O3S/c1-19-7-4-2-6(3-5-7)15-8(16)14(9(17)18-15)10(11,12)13/h2-5H,1H3. The Morgan fingerprint density at radius 2 is 1.74 bits per heavy atom. The van der Waals surface area contributed by atoms with Crippen molar-refractivity contribution < 1.29 is 4.52 Å². The minimum absolute atomic E-state index is 0.482. The van der Waals surface area contributed by atoms with Crippen LogP contribution in [0.2, 0.25) is 0 Å². The van der Waals surface area contributed by atoms with Gasteiger partial charge in [-0.1, -0.05) is 0 Å². The summed E-state index contributed by atoms with van der Waals surface area (Å²) in [5.41, 5.74) is -0.122. The molecule has 0 fully saturated rings. The molecule has 0 saturated carbocycles. The van der Waals surface area contributed by atoms with Crippen LogP contribution in [0, 0.1) is 0 Å². The van der Waals surface area contributed by atoms with Crippen LogP contribution in [0.25, 0.3) is 5.69 Å². The average molecular weight is 475 g/mol. The predicted molar refractivity (Wildman–Crippen MR) is 85.1 cm³/mol. The lowest BCUT2D eigenvalue weighted by atomic mass is 10.3. The first-order chi connectivity index (χ1) is 8.84. The molecular weight excluding hydrogens is 468 g/mol. The van der Waals surface area contributed by atoms with Crippen molar-refractivity contribution in [2.45, 2.75) is 7.16 Å². The Kier molecular flexibility index (Phi) is 4.49. The summed E-state index contributed by atoms with van der Waals surface area (Å²) in [7, 11) is 0. The monoisotopic (exact) mass is 472 g/mol. The molecule has 0 aliphatic rings. The summed E-state index contributed by atoms with van der Waals surface area (Å²) in [5, 5.41) is 0. The van der Waals surface area contributed by atoms with Gasteiger partial charge in [-0.25, -0.2) is 9.59 Å². The number of aromatic nitrogens is 2. The van der Waals surface area contributed by atoms with Gasteiger partial charge in [-0.15, -0.1) is 16.5 Å². The molecule has 0 spiro atoms. The lowest BCUT2D eigenvalue weighted by Gasteiger charge is -2.08. The van der Waals surface area contributed by atoms with Crippen LogP contribution in [-0.2, 0) is 2.27 Å². The van der Waals surface area contributed by atoms with E-state index in [0.717, 1.165) is 14.2 Å². The molecule has 0 atom stereocenters. The van der Waals surface area contributed by atoms with Crippen molar-refractivity contribution in [3.05, 3.63) is 45.3 Å². The van der Waals surface area contributed by atoms with Crippen molar-refractivity contribution in [3.63, 3.8) is 0 Å². The van der Waals surface area contributed by atoms with Gasteiger partial charge in [-0.05, 0) is 78.3 Å². The summed E-state index contributed by atoms with van der Waals surface area (Å²) < 4.78 is 5.57. The van der Waals surface area contributed by atoms with Crippen LogP contribution in [0.3, 0.4) is 0 Å². The zero-order chi connectivity index (χ0) is 14.2.